The van der Waals surface area contributed by atoms with Gasteiger partial charge in [0.05, 0.1) is 42.5 Å². The van der Waals surface area contributed by atoms with Crippen molar-refractivity contribution in [3.8, 4) is 39.5 Å². The lowest BCUT2D eigenvalue weighted by Gasteiger charge is -2.20. The van der Waals surface area contributed by atoms with Gasteiger partial charge in [0.25, 0.3) is 0 Å². The fraction of sp³-hybridized carbons (Fsp3) is 0.467. The number of H-pyrrole nitrogens is 1. The van der Waals surface area contributed by atoms with E-state index in [1.54, 1.807) is 11.8 Å². The molecule has 1 atom stereocenters. The van der Waals surface area contributed by atoms with Gasteiger partial charge in [0.15, 0.2) is 0 Å². The Labute approximate surface area is 227 Å². The van der Waals surface area contributed by atoms with Crippen LogP contribution >= 0.6 is 0 Å². The molecule has 0 saturated heterocycles. The molecule has 0 radical (unpaired) electrons. The Morgan fingerprint density at radius 2 is 1.85 bits per heavy atom. The number of aromatic amines is 1. The van der Waals surface area contributed by atoms with Gasteiger partial charge < -0.3 is 19.9 Å². The summed E-state index contributed by atoms with van der Waals surface area (Å²) in [4.78, 5) is 17.5. The lowest BCUT2D eigenvalue weighted by Crippen LogP contribution is -2.29. The summed E-state index contributed by atoms with van der Waals surface area (Å²) in [7, 11) is 5.40. The van der Waals surface area contributed by atoms with Crippen LogP contribution in [-0.2, 0) is 25.9 Å². The number of aliphatic hydroxyl groups excluding tert-OH is 2. The minimum atomic E-state index is -0.795. The number of nitrogens with one attached hydrogen (secondary N) is 1. The van der Waals surface area contributed by atoms with Crippen molar-refractivity contribution in [2.75, 3.05) is 13.7 Å². The third-order valence-electron chi connectivity index (χ3n) is 8.62. The van der Waals surface area contributed by atoms with E-state index in [0.717, 1.165) is 76.3 Å². The minimum absolute atomic E-state index is 0.0478. The lowest BCUT2D eigenvalue weighted by atomic mass is 9.89. The predicted molar refractivity (Wildman–Crippen MR) is 150 cm³/mol. The van der Waals surface area contributed by atoms with Crippen molar-refractivity contribution in [2.24, 2.45) is 14.1 Å². The van der Waals surface area contributed by atoms with E-state index >= 15 is 0 Å². The fourth-order valence-corrected chi connectivity index (χ4v) is 6.83. The van der Waals surface area contributed by atoms with Gasteiger partial charge in [-0.25, -0.2) is 4.79 Å². The van der Waals surface area contributed by atoms with E-state index in [1.165, 1.54) is 0 Å². The zero-order valence-corrected chi connectivity index (χ0v) is 23.3. The number of ether oxygens (including phenoxy) is 1. The summed E-state index contributed by atoms with van der Waals surface area (Å²) in [6.45, 7) is 4.09. The van der Waals surface area contributed by atoms with E-state index in [9.17, 15) is 15.0 Å². The van der Waals surface area contributed by atoms with Crippen molar-refractivity contribution in [2.45, 2.75) is 63.5 Å². The van der Waals surface area contributed by atoms with Crippen LogP contribution in [0.3, 0.4) is 0 Å². The summed E-state index contributed by atoms with van der Waals surface area (Å²) in [5.74, 6) is 0.528. The van der Waals surface area contributed by atoms with Crippen LogP contribution in [0.2, 0.25) is 0 Å². The number of aliphatic hydroxyl groups is 2. The van der Waals surface area contributed by atoms with Gasteiger partial charge in [-0.2, -0.15) is 0 Å². The highest BCUT2D eigenvalue weighted by Crippen LogP contribution is 2.56. The molecule has 1 aromatic carbocycles. The Balaban J connectivity index is 1.65. The Hall–Kier alpha value is -3.56. The number of nitrogens with zero attached hydrogens (tertiary/aromatic N) is 4. The molecular formula is C30H37N5O4. The first-order valence-electron chi connectivity index (χ1n) is 13.7. The molecule has 2 aliphatic rings. The van der Waals surface area contributed by atoms with Gasteiger partial charge in [0, 0.05) is 55.0 Å². The van der Waals surface area contributed by atoms with Gasteiger partial charge in [-0.1, -0.05) is 37.1 Å². The molecule has 206 valence electrons. The maximum Gasteiger partial charge on any atom is 0.328 e. The van der Waals surface area contributed by atoms with Gasteiger partial charge in [0.2, 0.25) is 5.88 Å². The second-order valence-electron chi connectivity index (χ2n) is 11.6. The third kappa shape index (κ3) is 3.82. The lowest BCUT2D eigenvalue weighted by molar-refractivity contribution is 0.0955. The number of methoxy groups -OCH3 is 1. The first-order chi connectivity index (χ1) is 18.7. The van der Waals surface area contributed by atoms with Crippen LogP contribution in [-0.4, -0.2) is 53.9 Å². The van der Waals surface area contributed by atoms with Crippen molar-refractivity contribution in [1.29, 1.82) is 0 Å². The molecule has 4 aromatic rings. The summed E-state index contributed by atoms with van der Waals surface area (Å²) in [5, 5.41) is 23.8. The molecule has 1 fully saturated rings. The molecule has 1 saturated carbocycles. The van der Waals surface area contributed by atoms with Gasteiger partial charge in [-0.3, -0.25) is 13.8 Å². The highest BCUT2D eigenvalue weighted by Gasteiger charge is 2.46. The van der Waals surface area contributed by atoms with E-state index in [0.29, 0.717) is 12.3 Å². The Kier molecular flexibility index (Phi) is 6.11. The standard InChI is InChI=1S/C30H37N5O4/c1-30(2)26-23(25-27(30)34(4)29(38)35(25)19-8-6-7-9-19)22(18-12-10-17(11-13-18)14-20(37)16-36)24(31-26)21-15-33(3)32-28(21)39-5/h10-13,15,19-20,31,36-37H,6-9,14,16H2,1-5H3. The summed E-state index contributed by atoms with van der Waals surface area (Å²) in [6.07, 6.45) is 5.83. The number of fused-ring (bicyclic) bond motifs is 3. The number of imidazole rings is 1. The predicted octanol–water partition coefficient (Wildman–Crippen LogP) is 3.91. The zero-order chi connectivity index (χ0) is 27.6. The first-order valence-corrected chi connectivity index (χ1v) is 13.7. The molecule has 9 heteroatoms. The SMILES string of the molecule is COc1nn(C)cc1-c1[nH]c2c(c1-c1ccc(CC(O)CO)cc1)-c1c(n(C)c(=O)n1C1CCCC1)C2(C)C. The van der Waals surface area contributed by atoms with Crippen molar-refractivity contribution in [1.82, 2.24) is 23.9 Å². The van der Waals surface area contributed by atoms with Gasteiger partial charge in [0.1, 0.15) is 0 Å². The minimum Gasteiger partial charge on any atom is -0.479 e. The maximum atomic E-state index is 13.7. The average Bonchev–Trinajstić information content (AvgIpc) is 3.71. The molecule has 6 rings (SSSR count). The van der Waals surface area contributed by atoms with Gasteiger partial charge in [-0.05, 0) is 37.8 Å². The molecule has 3 N–H and O–H groups in total. The van der Waals surface area contributed by atoms with E-state index in [4.69, 9.17) is 4.74 Å². The Bertz CT molecular complexity index is 1600. The molecular weight excluding hydrogens is 494 g/mol. The molecule has 3 heterocycles. The van der Waals surface area contributed by atoms with Crippen molar-refractivity contribution >= 4 is 0 Å². The molecule has 0 spiro atoms. The van der Waals surface area contributed by atoms with Crippen LogP contribution in [0.1, 0.15) is 62.5 Å². The van der Waals surface area contributed by atoms with E-state index < -0.39 is 11.5 Å². The zero-order valence-electron chi connectivity index (χ0n) is 23.3. The van der Waals surface area contributed by atoms with Crippen LogP contribution in [0.5, 0.6) is 5.88 Å². The molecule has 0 aliphatic heterocycles. The van der Waals surface area contributed by atoms with Crippen molar-refractivity contribution in [3.05, 3.63) is 57.9 Å². The number of benzene rings is 1. The van der Waals surface area contributed by atoms with Crippen LogP contribution in [0.4, 0.5) is 0 Å². The number of aromatic nitrogens is 5. The largest absolute Gasteiger partial charge is 0.479 e. The summed E-state index contributed by atoms with van der Waals surface area (Å²) in [5.41, 5.74) is 8.51. The van der Waals surface area contributed by atoms with Crippen molar-refractivity contribution < 1.29 is 14.9 Å². The Morgan fingerprint density at radius 3 is 2.49 bits per heavy atom. The molecule has 0 amide bonds. The van der Waals surface area contributed by atoms with E-state index in [1.807, 2.05) is 37.0 Å². The topological polar surface area (TPSA) is 110 Å². The first kappa shape index (κ1) is 25.7. The van der Waals surface area contributed by atoms with Gasteiger partial charge in [-0.15, -0.1) is 5.10 Å². The summed E-state index contributed by atoms with van der Waals surface area (Å²) >= 11 is 0. The molecule has 2 aliphatic carbocycles. The number of hydrogen-bond acceptors (Lipinski definition) is 5. The van der Waals surface area contributed by atoms with Crippen LogP contribution in [0.15, 0.2) is 35.3 Å². The highest BCUT2D eigenvalue weighted by atomic mass is 16.5. The van der Waals surface area contributed by atoms with E-state index in [2.05, 4.69) is 40.6 Å². The van der Waals surface area contributed by atoms with Crippen LogP contribution in [0, 0.1) is 0 Å². The highest BCUT2D eigenvalue weighted by molar-refractivity contribution is 5.99. The van der Waals surface area contributed by atoms with E-state index in [-0.39, 0.29) is 18.3 Å². The quantitative estimate of drug-likeness (QED) is 0.335. The average molecular weight is 532 g/mol. The molecule has 3 aromatic heterocycles. The monoisotopic (exact) mass is 531 g/mol. The van der Waals surface area contributed by atoms with Crippen LogP contribution < -0.4 is 10.4 Å². The number of hydrogen-bond donors (Lipinski definition) is 3. The Morgan fingerprint density at radius 1 is 1.15 bits per heavy atom. The second kappa shape index (κ2) is 9.27. The fourth-order valence-electron chi connectivity index (χ4n) is 6.83. The van der Waals surface area contributed by atoms with Crippen molar-refractivity contribution in [3.63, 3.8) is 0 Å². The second-order valence-corrected chi connectivity index (χ2v) is 11.6. The smallest absolute Gasteiger partial charge is 0.328 e. The molecule has 39 heavy (non-hydrogen) atoms. The molecule has 1 unspecified atom stereocenters. The third-order valence-corrected chi connectivity index (χ3v) is 8.62. The van der Waals surface area contributed by atoms with Gasteiger partial charge >= 0.3 is 5.69 Å². The number of rotatable bonds is 7. The normalized spacial score (nSPS) is 17.0. The number of aryl methyl sites for hydroxylation is 1. The summed E-state index contributed by atoms with van der Waals surface area (Å²) < 4.78 is 11.3. The molecule has 9 nitrogen and oxygen atoms in total. The molecule has 0 bridgehead atoms. The van der Waals surface area contributed by atoms with Crippen LogP contribution in [0.25, 0.3) is 33.6 Å². The maximum absolute atomic E-state index is 13.7. The summed E-state index contributed by atoms with van der Waals surface area (Å²) in [6, 6.07) is 8.29.